The molecule has 1 atom stereocenters. The molecule has 0 spiro atoms. The summed E-state index contributed by atoms with van der Waals surface area (Å²) in [6, 6.07) is 7.90. The van der Waals surface area contributed by atoms with Gasteiger partial charge < -0.3 is 20.1 Å². The normalized spacial score (nSPS) is 12.4. The minimum atomic E-state index is -0.885. The average Bonchev–Trinajstić information content (AvgIpc) is 3.32. The number of carbonyl (C=O) groups is 2. The third-order valence-electron chi connectivity index (χ3n) is 4.04. The lowest BCUT2D eigenvalue weighted by Gasteiger charge is -2.28. The van der Waals surface area contributed by atoms with E-state index in [0.29, 0.717) is 32.4 Å². The Balaban J connectivity index is 2.15. The number of hydrogen-bond acceptors (Lipinski definition) is 6. The first-order valence-electron chi connectivity index (χ1n) is 9.71. The summed E-state index contributed by atoms with van der Waals surface area (Å²) in [7, 11) is 0. The standard InChI is InChI=1S/C21H30N2O4S2/c1-21(2,3)22-20(26)27-18(10-4-5-11-24)19(25)23(14-16-8-6-12-28-16)15-17-9-7-13-29-17/h6-9,12-13,18,24H,4-5,10-11,14-15H2,1-3H3,(H,22,26)/t18-/m0/s1. The van der Waals surface area contributed by atoms with Crippen LogP contribution >= 0.6 is 22.7 Å². The van der Waals surface area contributed by atoms with E-state index in [4.69, 9.17) is 9.84 Å². The van der Waals surface area contributed by atoms with Gasteiger partial charge in [-0.15, -0.1) is 22.7 Å². The van der Waals surface area contributed by atoms with Crippen molar-refractivity contribution in [1.82, 2.24) is 10.2 Å². The Bertz CT molecular complexity index is 703. The number of rotatable bonds is 10. The van der Waals surface area contributed by atoms with Crippen molar-refractivity contribution in [3.8, 4) is 0 Å². The third kappa shape index (κ3) is 8.55. The van der Waals surface area contributed by atoms with Gasteiger partial charge in [-0.05, 0) is 62.9 Å². The Labute approximate surface area is 180 Å². The highest BCUT2D eigenvalue weighted by Crippen LogP contribution is 2.20. The molecule has 0 bridgehead atoms. The first-order chi connectivity index (χ1) is 13.8. The van der Waals surface area contributed by atoms with Crippen LogP contribution in [0.1, 0.15) is 49.8 Å². The number of unbranched alkanes of at least 4 members (excludes halogenated alkanes) is 1. The van der Waals surface area contributed by atoms with Crippen LogP contribution in [0, 0.1) is 0 Å². The van der Waals surface area contributed by atoms with Gasteiger partial charge in [0.15, 0.2) is 6.10 Å². The number of aliphatic hydroxyl groups excluding tert-OH is 1. The van der Waals surface area contributed by atoms with Gasteiger partial charge in [0.05, 0.1) is 13.1 Å². The van der Waals surface area contributed by atoms with Crippen LogP contribution in [0.2, 0.25) is 0 Å². The van der Waals surface area contributed by atoms with Gasteiger partial charge in [0.2, 0.25) is 0 Å². The number of nitrogens with zero attached hydrogens (tertiary/aromatic N) is 1. The Kier molecular flexibility index (Phi) is 9.13. The Morgan fingerprint density at radius 1 is 1.10 bits per heavy atom. The molecule has 0 aliphatic heterocycles. The molecule has 2 N–H and O–H groups in total. The van der Waals surface area contributed by atoms with E-state index in [1.54, 1.807) is 27.6 Å². The van der Waals surface area contributed by atoms with Crippen LogP contribution in [0.4, 0.5) is 4.79 Å². The van der Waals surface area contributed by atoms with E-state index in [1.165, 1.54) is 0 Å². The van der Waals surface area contributed by atoms with Gasteiger partial charge in [-0.25, -0.2) is 4.79 Å². The Hall–Kier alpha value is -1.90. The average molecular weight is 439 g/mol. The second kappa shape index (κ2) is 11.3. The van der Waals surface area contributed by atoms with Crippen molar-refractivity contribution < 1.29 is 19.4 Å². The molecule has 2 heterocycles. The summed E-state index contributed by atoms with van der Waals surface area (Å²) in [6.45, 7) is 6.55. The van der Waals surface area contributed by atoms with Gasteiger partial charge in [-0.2, -0.15) is 0 Å². The predicted octanol–water partition coefficient (Wildman–Crippen LogP) is 4.39. The molecule has 0 unspecified atom stereocenters. The molecule has 2 amide bonds. The zero-order chi connectivity index (χ0) is 21.3. The van der Waals surface area contributed by atoms with E-state index in [1.807, 2.05) is 55.8 Å². The van der Waals surface area contributed by atoms with Gasteiger partial charge in [0, 0.05) is 21.9 Å². The number of alkyl carbamates (subject to hydrolysis) is 1. The quantitative estimate of drug-likeness (QED) is 0.539. The van der Waals surface area contributed by atoms with Crippen molar-refractivity contribution in [2.24, 2.45) is 0 Å². The summed E-state index contributed by atoms with van der Waals surface area (Å²) in [4.78, 5) is 29.6. The summed E-state index contributed by atoms with van der Waals surface area (Å²) >= 11 is 3.19. The molecule has 29 heavy (non-hydrogen) atoms. The van der Waals surface area contributed by atoms with Crippen LogP contribution < -0.4 is 5.32 Å². The summed E-state index contributed by atoms with van der Waals surface area (Å²) in [5.74, 6) is -0.214. The molecule has 0 aliphatic carbocycles. The van der Waals surface area contributed by atoms with E-state index in [-0.39, 0.29) is 12.5 Å². The van der Waals surface area contributed by atoms with E-state index in [2.05, 4.69) is 5.32 Å². The van der Waals surface area contributed by atoms with Crippen molar-refractivity contribution in [2.75, 3.05) is 6.61 Å². The maximum absolute atomic E-state index is 13.4. The van der Waals surface area contributed by atoms with Crippen LogP contribution in [0.25, 0.3) is 0 Å². The topological polar surface area (TPSA) is 78.9 Å². The number of nitrogens with one attached hydrogen (secondary N) is 1. The lowest BCUT2D eigenvalue weighted by atomic mass is 10.1. The fourth-order valence-corrected chi connectivity index (χ4v) is 4.17. The van der Waals surface area contributed by atoms with Gasteiger partial charge in [0.25, 0.3) is 5.91 Å². The molecule has 6 nitrogen and oxygen atoms in total. The molecule has 0 aromatic carbocycles. The van der Waals surface area contributed by atoms with Gasteiger partial charge >= 0.3 is 6.09 Å². The molecular weight excluding hydrogens is 408 g/mol. The highest BCUT2D eigenvalue weighted by atomic mass is 32.1. The summed E-state index contributed by atoms with van der Waals surface area (Å²) < 4.78 is 5.54. The lowest BCUT2D eigenvalue weighted by Crippen LogP contribution is -2.46. The van der Waals surface area contributed by atoms with Gasteiger partial charge in [-0.1, -0.05) is 12.1 Å². The van der Waals surface area contributed by atoms with Gasteiger partial charge in [0.1, 0.15) is 0 Å². The minimum absolute atomic E-state index is 0.0448. The third-order valence-corrected chi connectivity index (χ3v) is 5.76. The molecule has 0 saturated heterocycles. The number of hydrogen-bond donors (Lipinski definition) is 2. The first kappa shape index (κ1) is 23.4. The van der Waals surface area contributed by atoms with Crippen molar-refractivity contribution in [1.29, 1.82) is 0 Å². The predicted molar refractivity (Wildman–Crippen MR) is 117 cm³/mol. The molecule has 160 valence electrons. The fourth-order valence-electron chi connectivity index (χ4n) is 2.74. The Morgan fingerprint density at radius 2 is 1.69 bits per heavy atom. The largest absolute Gasteiger partial charge is 0.436 e. The summed E-state index contributed by atoms with van der Waals surface area (Å²) in [5.41, 5.74) is -0.455. The van der Waals surface area contributed by atoms with Crippen LogP contribution in [-0.4, -0.2) is 40.3 Å². The van der Waals surface area contributed by atoms with Crippen molar-refractivity contribution in [2.45, 2.75) is 64.8 Å². The van der Waals surface area contributed by atoms with Crippen LogP contribution in [0.5, 0.6) is 0 Å². The summed E-state index contributed by atoms with van der Waals surface area (Å²) in [6.07, 6.45) is 0.0455. The number of carbonyl (C=O) groups excluding carboxylic acids is 2. The lowest BCUT2D eigenvalue weighted by molar-refractivity contribution is -0.142. The van der Waals surface area contributed by atoms with Crippen LogP contribution in [0.15, 0.2) is 35.0 Å². The van der Waals surface area contributed by atoms with E-state index >= 15 is 0 Å². The molecule has 8 heteroatoms. The molecule has 2 aromatic rings. The van der Waals surface area contributed by atoms with Gasteiger partial charge in [-0.3, -0.25) is 4.79 Å². The van der Waals surface area contributed by atoms with Crippen molar-refractivity contribution >= 4 is 34.7 Å². The van der Waals surface area contributed by atoms with E-state index < -0.39 is 17.7 Å². The smallest absolute Gasteiger partial charge is 0.408 e. The number of aliphatic hydroxyl groups is 1. The molecule has 2 rings (SSSR count). The van der Waals surface area contributed by atoms with Crippen LogP contribution in [-0.2, 0) is 22.6 Å². The van der Waals surface area contributed by atoms with Crippen molar-refractivity contribution in [3.63, 3.8) is 0 Å². The van der Waals surface area contributed by atoms with Crippen molar-refractivity contribution in [3.05, 3.63) is 44.8 Å². The second-order valence-electron chi connectivity index (χ2n) is 7.84. The number of amides is 2. The zero-order valence-electron chi connectivity index (χ0n) is 17.2. The highest BCUT2D eigenvalue weighted by Gasteiger charge is 2.29. The number of thiophene rings is 2. The van der Waals surface area contributed by atoms with E-state index in [0.717, 1.165) is 9.75 Å². The molecule has 0 fully saturated rings. The molecule has 0 saturated carbocycles. The Morgan fingerprint density at radius 3 is 2.14 bits per heavy atom. The molecule has 0 aliphatic rings. The maximum atomic E-state index is 13.4. The monoisotopic (exact) mass is 438 g/mol. The number of ether oxygens (including phenoxy) is 1. The summed E-state index contributed by atoms with van der Waals surface area (Å²) in [5, 5.41) is 15.8. The highest BCUT2D eigenvalue weighted by molar-refractivity contribution is 7.10. The molecule has 0 radical (unpaired) electrons. The molecular formula is C21H30N2O4S2. The van der Waals surface area contributed by atoms with Crippen LogP contribution in [0.3, 0.4) is 0 Å². The SMILES string of the molecule is CC(C)(C)NC(=O)O[C@@H](CCCCO)C(=O)N(Cc1cccs1)Cc1cccs1. The minimum Gasteiger partial charge on any atom is -0.436 e. The zero-order valence-corrected chi connectivity index (χ0v) is 18.9. The van der Waals surface area contributed by atoms with E-state index in [9.17, 15) is 9.59 Å². The first-order valence-corrected chi connectivity index (χ1v) is 11.5. The fraction of sp³-hybridized carbons (Fsp3) is 0.524. The maximum Gasteiger partial charge on any atom is 0.408 e. The molecule has 2 aromatic heterocycles. The second-order valence-corrected chi connectivity index (χ2v) is 9.91.